The van der Waals surface area contributed by atoms with E-state index in [0.717, 1.165) is 22.6 Å². The van der Waals surface area contributed by atoms with E-state index in [4.69, 9.17) is 5.11 Å². The third-order valence-electron chi connectivity index (χ3n) is 4.70. The molecule has 1 atom stereocenters. The van der Waals surface area contributed by atoms with Crippen LogP contribution in [0.25, 0.3) is 11.0 Å². The van der Waals surface area contributed by atoms with Crippen molar-refractivity contribution in [3.63, 3.8) is 0 Å². The highest BCUT2D eigenvalue weighted by atomic mass is 16.3. The summed E-state index contributed by atoms with van der Waals surface area (Å²) in [5, 5.41) is 23.0. The number of nitrogens with zero attached hydrogens (tertiary/aromatic N) is 4. The van der Waals surface area contributed by atoms with Crippen molar-refractivity contribution < 1.29 is 15.0 Å². The number of amides is 1. The first-order chi connectivity index (χ1) is 12.6. The number of aromatic amines is 1. The molecule has 0 spiro atoms. The number of benzene rings is 1. The lowest BCUT2D eigenvalue weighted by molar-refractivity contribution is -0.132. The fraction of sp³-hybridized carbons (Fsp3) is 0.389. The first kappa shape index (κ1) is 16.7. The fourth-order valence-electron chi connectivity index (χ4n) is 3.27. The molecule has 0 bridgehead atoms. The van der Waals surface area contributed by atoms with Crippen LogP contribution in [0.3, 0.4) is 0 Å². The molecule has 1 aliphatic heterocycles. The Hall–Kier alpha value is -2.71. The van der Waals surface area contributed by atoms with Crippen LogP contribution in [0.1, 0.15) is 29.7 Å². The minimum absolute atomic E-state index is 0.0714. The Balaban J connectivity index is 1.39. The Labute approximate surface area is 150 Å². The number of aryl methyl sites for hydroxylation is 1. The molecule has 8 heteroatoms. The molecule has 1 amide bonds. The molecular weight excluding hydrogens is 334 g/mol. The van der Waals surface area contributed by atoms with E-state index in [-0.39, 0.29) is 12.5 Å². The molecule has 2 aromatic heterocycles. The van der Waals surface area contributed by atoms with Crippen molar-refractivity contribution in [3.05, 3.63) is 47.5 Å². The molecule has 0 aliphatic carbocycles. The molecule has 4 rings (SSSR count). The Morgan fingerprint density at radius 3 is 2.96 bits per heavy atom. The summed E-state index contributed by atoms with van der Waals surface area (Å²) in [6.45, 7) is 1.27. The number of carbonyl (C=O) groups excluding carboxylic acids is 1. The summed E-state index contributed by atoms with van der Waals surface area (Å²) in [5.74, 6) is 0.886. The maximum Gasteiger partial charge on any atom is 0.223 e. The summed E-state index contributed by atoms with van der Waals surface area (Å²) in [4.78, 5) is 22.1. The van der Waals surface area contributed by atoms with Crippen LogP contribution >= 0.6 is 0 Å². The standard InChI is InChI=1S/C18H21N5O3/c24-11-16(25)15-9-12-10-22(7-8-23(12)21-15)18(26)6-5-17-19-13-3-1-2-4-14(13)20-17/h1-4,9,16,24-25H,5-8,10-11H2,(H,19,20). The highest BCUT2D eigenvalue weighted by molar-refractivity contribution is 5.77. The summed E-state index contributed by atoms with van der Waals surface area (Å²) < 4.78 is 1.79. The van der Waals surface area contributed by atoms with Gasteiger partial charge in [-0.3, -0.25) is 9.48 Å². The van der Waals surface area contributed by atoms with Crippen LogP contribution < -0.4 is 0 Å². The minimum Gasteiger partial charge on any atom is -0.393 e. The van der Waals surface area contributed by atoms with Crippen molar-refractivity contribution in [2.75, 3.05) is 13.2 Å². The predicted octanol–water partition coefficient (Wildman–Crippen LogP) is 0.760. The number of H-pyrrole nitrogens is 1. The summed E-state index contributed by atoms with van der Waals surface area (Å²) in [6.07, 6.45) is -0.0250. The van der Waals surface area contributed by atoms with E-state index in [1.165, 1.54) is 0 Å². The van der Waals surface area contributed by atoms with Crippen LogP contribution in [0.4, 0.5) is 0 Å². The number of carbonyl (C=O) groups is 1. The highest BCUT2D eigenvalue weighted by Gasteiger charge is 2.23. The lowest BCUT2D eigenvalue weighted by Crippen LogP contribution is -2.38. The molecule has 3 N–H and O–H groups in total. The maximum atomic E-state index is 12.6. The van der Waals surface area contributed by atoms with Gasteiger partial charge in [-0.15, -0.1) is 0 Å². The normalized spacial score (nSPS) is 15.2. The molecule has 26 heavy (non-hydrogen) atoms. The molecule has 0 radical (unpaired) electrons. The van der Waals surface area contributed by atoms with E-state index >= 15 is 0 Å². The van der Waals surface area contributed by atoms with E-state index in [1.807, 2.05) is 24.3 Å². The monoisotopic (exact) mass is 355 g/mol. The average Bonchev–Trinajstić information content (AvgIpc) is 3.28. The zero-order chi connectivity index (χ0) is 18.1. The first-order valence-electron chi connectivity index (χ1n) is 8.71. The SMILES string of the molecule is O=C(CCc1nc2ccccc2[nH]1)N1CCn2nc(C(O)CO)cc2C1. The van der Waals surface area contributed by atoms with Crippen LogP contribution in [-0.4, -0.2) is 53.9 Å². The van der Waals surface area contributed by atoms with E-state index in [9.17, 15) is 9.90 Å². The maximum absolute atomic E-state index is 12.6. The van der Waals surface area contributed by atoms with Gasteiger partial charge in [0.15, 0.2) is 0 Å². The molecule has 1 aromatic carbocycles. The number of hydrogen-bond acceptors (Lipinski definition) is 5. The first-order valence-corrected chi connectivity index (χ1v) is 8.71. The van der Waals surface area contributed by atoms with Gasteiger partial charge in [0.2, 0.25) is 5.91 Å². The third kappa shape index (κ3) is 3.21. The van der Waals surface area contributed by atoms with Crippen LogP contribution in [0, 0.1) is 0 Å². The number of aromatic nitrogens is 4. The number of rotatable bonds is 5. The number of fused-ring (bicyclic) bond motifs is 2. The van der Waals surface area contributed by atoms with Gasteiger partial charge >= 0.3 is 0 Å². The number of aliphatic hydroxyl groups excluding tert-OH is 2. The van der Waals surface area contributed by atoms with E-state index < -0.39 is 6.10 Å². The van der Waals surface area contributed by atoms with Crippen LogP contribution in [0.2, 0.25) is 0 Å². The van der Waals surface area contributed by atoms with E-state index in [0.29, 0.717) is 38.2 Å². The topological polar surface area (TPSA) is 107 Å². The smallest absolute Gasteiger partial charge is 0.223 e. The van der Waals surface area contributed by atoms with Gasteiger partial charge in [0.05, 0.1) is 42.1 Å². The molecule has 3 heterocycles. The van der Waals surface area contributed by atoms with E-state index in [1.54, 1.807) is 15.6 Å². The van der Waals surface area contributed by atoms with Crippen molar-refractivity contribution in [1.29, 1.82) is 0 Å². The summed E-state index contributed by atoms with van der Waals surface area (Å²) >= 11 is 0. The second-order valence-corrected chi connectivity index (χ2v) is 6.50. The lowest BCUT2D eigenvalue weighted by Gasteiger charge is -2.27. The quantitative estimate of drug-likeness (QED) is 0.626. The molecule has 0 fully saturated rings. The number of nitrogens with one attached hydrogen (secondary N) is 1. The molecule has 1 unspecified atom stereocenters. The minimum atomic E-state index is -0.981. The van der Waals surface area contributed by atoms with Crippen molar-refractivity contribution in [3.8, 4) is 0 Å². The number of aliphatic hydroxyl groups is 2. The zero-order valence-corrected chi connectivity index (χ0v) is 14.3. The molecule has 3 aromatic rings. The number of hydrogen-bond donors (Lipinski definition) is 3. The van der Waals surface area contributed by atoms with Gasteiger partial charge in [0.1, 0.15) is 11.9 Å². The van der Waals surface area contributed by atoms with Gasteiger partial charge in [0, 0.05) is 19.4 Å². The number of para-hydroxylation sites is 2. The van der Waals surface area contributed by atoms with Crippen LogP contribution in [0.15, 0.2) is 30.3 Å². The van der Waals surface area contributed by atoms with Gasteiger partial charge in [-0.25, -0.2) is 4.98 Å². The Morgan fingerprint density at radius 2 is 2.15 bits per heavy atom. The summed E-state index contributed by atoms with van der Waals surface area (Å²) in [5.41, 5.74) is 3.20. The Bertz CT molecular complexity index is 899. The zero-order valence-electron chi connectivity index (χ0n) is 14.3. The van der Waals surface area contributed by atoms with E-state index in [2.05, 4.69) is 15.1 Å². The molecule has 0 saturated carbocycles. The van der Waals surface area contributed by atoms with Crippen molar-refractivity contribution >= 4 is 16.9 Å². The molecule has 136 valence electrons. The largest absolute Gasteiger partial charge is 0.393 e. The number of imidazole rings is 1. The van der Waals surface area contributed by atoms with Gasteiger partial charge < -0.3 is 20.1 Å². The van der Waals surface area contributed by atoms with Crippen molar-refractivity contribution in [2.45, 2.75) is 32.0 Å². The second-order valence-electron chi connectivity index (χ2n) is 6.50. The van der Waals surface area contributed by atoms with Gasteiger partial charge in [-0.2, -0.15) is 5.10 Å². The Kier molecular flexibility index (Phi) is 4.44. The predicted molar refractivity (Wildman–Crippen MR) is 94.1 cm³/mol. The van der Waals surface area contributed by atoms with Crippen molar-refractivity contribution in [1.82, 2.24) is 24.6 Å². The van der Waals surface area contributed by atoms with Gasteiger partial charge in [-0.1, -0.05) is 12.1 Å². The molecular formula is C18H21N5O3. The second kappa shape index (κ2) is 6.89. The highest BCUT2D eigenvalue weighted by Crippen LogP contribution is 2.19. The third-order valence-corrected chi connectivity index (χ3v) is 4.70. The van der Waals surface area contributed by atoms with Crippen LogP contribution in [-0.2, 0) is 24.3 Å². The Morgan fingerprint density at radius 1 is 1.31 bits per heavy atom. The van der Waals surface area contributed by atoms with Gasteiger partial charge in [0.25, 0.3) is 0 Å². The lowest BCUT2D eigenvalue weighted by atomic mass is 10.2. The molecule has 8 nitrogen and oxygen atoms in total. The fourth-order valence-corrected chi connectivity index (χ4v) is 3.27. The van der Waals surface area contributed by atoms with Gasteiger partial charge in [-0.05, 0) is 18.2 Å². The summed E-state index contributed by atoms with van der Waals surface area (Å²) in [7, 11) is 0. The molecule has 0 saturated heterocycles. The molecule has 1 aliphatic rings. The average molecular weight is 355 g/mol. The summed E-state index contributed by atoms with van der Waals surface area (Å²) in [6, 6.07) is 9.56. The van der Waals surface area contributed by atoms with Crippen molar-refractivity contribution in [2.24, 2.45) is 0 Å². The van der Waals surface area contributed by atoms with Crippen LogP contribution in [0.5, 0.6) is 0 Å².